The van der Waals surface area contributed by atoms with Gasteiger partial charge in [-0.3, -0.25) is 14.5 Å². The molecular weight excluding hydrogens is 572 g/mol. The molecule has 1 aromatic heterocycles. The van der Waals surface area contributed by atoms with Crippen LogP contribution in [0.2, 0.25) is 0 Å². The number of rotatable bonds is 10. The molecule has 2 aliphatic rings. The van der Waals surface area contributed by atoms with Gasteiger partial charge < -0.3 is 24.1 Å². The third kappa shape index (κ3) is 6.12. The first kappa shape index (κ1) is 29.8. The van der Waals surface area contributed by atoms with Crippen LogP contribution in [0.5, 0.6) is 17.2 Å². The molecule has 224 valence electrons. The first-order valence-electron chi connectivity index (χ1n) is 13.9. The van der Waals surface area contributed by atoms with E-state index in [0.717, 1.165) is 17.8 Å². The van der Waals surface area contributed by atoms with Crippen LogP contribution in [0.1, 0.15) is 52.8 Å². The summed E-state index contributed by atoms with van der Waals surface area (Å²) in [5.41, 5.74) is 1.00. The summed E-state index contributed by atoms with van der Waals surface area (Å²) in [4.78, 5) is 45.8. The third-order valence-corrected chi connectivity index (χ3v) is 8.04. The Morgan fingerprint density at radius 1 is 1.19 bits per heavy atom. The van der Waals surface area contributed by atoms with Crippen molar-refractivity contribution in [3.05, 3.63) is 82.4 Å². The standard InChI is InChI=1S/C32H32N2O8S/c1-5-12-42-31(38)29-19(4)33-32(43-29)34-26(20-7-6-8-22(16-20)39-13-11-18(2)3)25(28(36)30(34)37)27(35)21-9-10-23-24(17-21)41-15-14-40-23/h5-10,16-18,26,35H,1,11-15H2,2-4H3/b27-25+/t26-/m0/s1. The number of benzene rings is 2. The minimum absolute atomic E-state index is 0.00908. The largest absolute Gasteiger partial charge is 0.507 e. The molecule has 0 radical (unpaired) electrons. The Morgan fingerprint density at radius 3 is 2.70 bits per heavy atom. The number of amides is 1. The molecule has 1 fully saturated rings. The van der Waals surface area contributed by atoms with E-state index < -0.39 is 23.7 Å². The molecule has 3 heterocycles. The molecule has 0 saturated carbocycles. The van der Waals surface area contributed by atoms with Gasteiger partial charge in [0.05, 0.1) is 23.9 Å². The monoisotopic (exact) mass is 604 g/mol. The number of carbonyl (C=O) groups is 3. The van der Waals surface area contributed by atoms with Gasteiger partial charge in [0, 0.05) is 5.56 Å². The minimum atomic E-state index is -1.07. The van der Waals surface area contributed by atoms with E-state index in [9.17, 15) is 19.5 Å². The average molecular weight is 605 g/mol. The van der Waals surface area contributed by atoms with Gasteiger partial charge in [0.15, 0.2) is 16.6 Å². The molecule has 1 atom stereocenters. The molecule has 0 unspecified atom stereocenters. The number of aliphatic hydroxyl groups excluding tert-OH is 1. The van der Waals surface area contributed by atoms with Crippen molar-refractivity contribution < 1.29 is 38.4 Å². The number of ketones is 1. The number of Topliss-reactive ketones (excluding diaryl/α,β-unsaturated/α-hetero) is 1. The maximum atomic E-state index is 13.7. The first-order valence-corrected chi connectivity index (χ1v) is 14.7. The highest BCUT2D eigenvalue weighted by molar-refractivity contribution is 7.17. The summed E-state index contributed by atoms with van der Waals surface area (Å²) in [5, 5.41) is 11.7. The van der Waals surface area contributed by atoms with E-state index in [1.807, 2.05) is 0 Å². The van der Waals surface area contributed by atoms with Gasteiger partial charge in [-0.25, -0.2) is 9.78 Å². The van der Waals surface area contributed by atoms with Crippen molar-refractivity contribution in [1.82, 2.24) is 4.98 Å². The Morgan fingerprint density at radius 2 is 1.95 bits per heavy atom. The van der Waals surface area contributed by atoms with Gasteiger partial charge >= 0.3 is 11.9 Å². The summed E-state index contributed by atoms with van der Waals surface area (Å²) in [6.45, 7) is 10.6. The predicted octanol–water partition coefficient (Wildman–Crippen LogP) is 5.62. The highest BCUT2D eigenvalue weighted by Crippen LogP contribution is 2.45. The summed E-state index contributed by atoms with van der Waals surface area (Å²) in [6.07, 6.45) is 2.29. The second-order valence-corrected chi connectivity index (χ2v) is 11.4. The number of nitrogens with zero attached hydrogens (tertiary/aromatic N) is 2. The molecule has 2 aromatic carbocycles. The lowest BCUT2D eigenvalue weighted by Gasteiger charge is -2.24. The summed E-state index contributed by atoms with van der Waals surface area (Å²) < 4.78 is 22.4. The highest BCUT2D eigenvalue weighted by Gasteiger charge is 2.48. The second kappa shape index (κ2) is 12.7. The van der Waals surface area contributed by atoms with Crippen LogP contribution in [0.3, 0.4) is 0 Å². The average Bonchev–Trinajstić information content (AvgIpc) is 3.51. The number of hydrogen-bond donors (Lipinski definition) is 1. The number of carbonyl (C=O) groups excluding carboxylic acids is 3. The molecule has 1 N–H and O–H groups in total. The van der Waals surface area contributed by atoms with E-state index in [2.05, 4.69) is 25.4 Å². The number of anilines is 1. The first-order chi connectivity index (χ1) is 20.7. The van der Waals surface area contributed by atoms with Gasteiger partial charge in [-0.1, -0.05) is 50.0 Å². The lowest BCUT2D eigenvalue weighted by molar-refractivity contribution is -0.132. The molecule has 43 heavy (non-hydrogen) atoms. The zero-order valence-electron chi connectivity index (χ0n) is 24.1. The predicted molar refractivity (Wildman–Crippen MR) is 161 cm³/mol. The minimum Gasteiger partial charge on any atom is -0.507 e. The SMILES string of the molecule is C=CCOC(=O)c1sc(N2C(=O)C(=O)/C(=C(/O)c3ccc4c(c3)OCCO4)[C@@H]2c2cccc(OCCC(C)C)c2)nc1C. The third-order valence-electron chi connectivity index (χ3n) is 6.91. The van der Waals surface area contributed by atoms with Crippen molar-refractivity contribution in [2.45, 2.75) is 33.2 Å². The normalized spacial score (nSPS) is 17.3. The number of aromatic nitrogens is 1. The number of aryl methyl sites for hydroxylation is 1. The fraction of sp³-hybridized carbons (Fsp3) is 0.312. The van der Waals surface area contributed by atoms with Crippen LogP contribution in [0.25, 0.3) is 5.76 Å². The molecule has 1 saturated heterocycles. The van der Waals surface area contributed by atoms with E-state index in [4.69, 9.17) is 18.9 Å². The Hall–Kier alpha value is -4.64. The highest BCUT2D eigenvalue weighted by atomic mass is 32.1. The zero-order valence-corrected chi connectivity index (χ0v) is 24.9. The van der Waals surface area contributed by atoms with Gasteiger partial charge in [-0.2, -0.15) is 0 Å². The van der Waals surface area contributed by atoms with Crippen molar-refractivity contribution in [3.63, 3.8) is 0 Å². The number of hydrogen-bond acceptors (Lipinski definition) is 10. The number of esters is 1. The topological polar surface area (TPSA) is 124 Å². The smallest absolute Gasteiger partial charge is 0.350 e. The molecule has 10 nitrogen and oxygen atoms in total. The van der Waals surface area contributed by atoms with Crippen LogP contribution in [0.4, 0.5) is 5.13 Å². The fourth-order valence-electron chi connectivity index (χ4n) is 4.75. The van der Waals surface area contributed by atoms with Crippen LogP contribution in [0.15, 0.2) is 60.7 Å². The van der Waals surface area contributed by atoms with Crippen LogP contribution >= 0.6 is 11.3 Å². The van der Waals surface area contributed by atoms with Crippen LogP contribution < -0.4 is 19.1 Å². The van der Waals surface area contributed by atoms with Gasteiger partial charge in [-0.15, -0.1) is 0 Å². The van der Waals surface area contributed by atoms with Crippen molar-refractivity contribution >= 4 is 39.9 Å². The van der Waals surface area contributed by atoms with Gasteiger partial charge in [0.2, 0.25) is 0 Å². The molecule has 0 aliphatic carbocycles. The lowest BCUT2D eigenvalue weighted by atomic mass is 9.95. The Bertz CT molecular complexity index is 1610. The summed E-state index contributed by atoms with van der Waals surface area (Å²) in [5.74, 6) is -0.866. The van der Waals surface area contributed by atoms with E-state index in [1.54, 1.807) is 49.4 Å². The fourth-order valence-corrected chi connectivity index (χ4v) is 5.74. The Balaban J connectivity index is 1.62. The van der Waals surface area contributed by atoms with Crippen molar-refractivity contribution in [2.24, 2.45) is 5.92 Å². The van der Waals surface area contributed by atoms with Crippen molar-refractivity contribution in [2.75, 3.05) is 31.3 Å². The number of fused-ring (bicyclic) bond motifs is 1. The van der Waals surface area contributed by atoms with E-state index in [0.29, 0.717) is 54.2 Å². The maximum Gasteiger partial charge on any atom is 0.350 e. The Kier molecular flexibility index (Phi) is 8.81. The summed E-state index contributed by atoms with van der Waals surface area (Å²) >= 11 is 0.930. The maximum absolute atomic E-state index is 13.7. The van der Waals surface area contributed by atoms with Crippen LogP contribution in [-0.2, 0) is 14.3 Å². The van der Waals surface area contributed by atoms with Crippen LogP contribution in [0, 0.1) is 12.8 Å². The van der Waals surface area contributed by atoms with Crippen molar-refractivity contribution in [1.29, 1.82) is 0 Å². The number of ether oxygens (including phenoxy) is 4. The molecule has 5 rings (SSSR count). The summed E-state index contributed by atoms with van der Waals surface area (Å²) in [6, 6.07) is 10.8. The molecular formula is C32H32N2O8S. The number of aliphatic hydroxyl groups is 1. The van der Waals surface area contributed by atoms with E-state index in [1.165, 1.54) is 11.0 Å². The summed E-state index contributed by atoms with van der Waals surface area (Å²) in [7, 11) is 0. The van der Waals surface area contributed by atoms with Crippen molar-refractivity contribution in [3.8, 4) is 17.2 Å². The Labute approximate surface area is 253 Å². The van der Waals surface area contributed by atoms with Gasteiger partial charge in [-0.05, 0) is 55.2 Å². The van der Waals surface area contributed by atoms with Gasteiger partial charge in [0.1, 0.15) is 36.2 Å². The second-order valence-electron chi connectivity index (χ2n) is 10.4. The molecule has 0 spiro atoms. The van der Waals surface area contributed by atoms with Gasteiger partial charge in [0.25, 0.3) is 5.78 Å². The quantitative estimate of drug-likeness (QED) is 0.103. The molecule has 1 amide bonds. The molecule has 3 aromatic rings. The van der Waals surface area contributed by atoms with E-state index >= 15 is 0 Å². The van der Waals surface area contributed by atoms with E-state index in [-0.39, 0.29) is 33.5 Å². The zero-order chi connectivity index (χ0) is 30.7. The van der Waals surface area contributed by atoms with Crippen LogP contribution in [-0.4, -0.2) is 54.2 Å². The number of thiazole rings is 1. The molecule has 11 heteroatoms. The lowest BCUT2D eigenvalue weighted by Crippen LogP contribution is -2.29. The molecule has 0 bridgehead atoms. The molecule has 2 aliphatic heterocycles.